The molecule has 2 atom stereocenters. The Hall–Kier alpha value is -2.17. The molecule has 0 aliphatic carbocycles. The van der Waals surface area contributed by atoms with Gasteiger partial charge in [-0.2, -0.15) is 0 Å². The van der Waals surface area contributed by atoms with Crippen molar-refractivity contribution < 1.29 is 23.9 Å². The van der Waals surface area contributed by atoms with Gasteiger partial charge in [0.1, 0.15) is 23.2 Å². The topological polar surface area (TPSA) is 69.7 Å². The molecule has 0 radical (unpaired) electrons. The van der Waals surface area contributed by atoms with E-state index in [0.29, 0.717) is 5.75 Å². The summed E-state index contributed by atoms with van der Waals surface area (Å²) in [5, 5.41) is 0. The minimum absolute atomic E-state index is 0.0867. The van der Waals surface area contributed by atoms with Crippen LogP contribution in [-0.4, -0.2) is 31.3 Å². The number of rotatable bonds is 8. The van der Waals surface area contributed by atoms with Crippen LogP contribution in [0.15, 0.2) is 24.3 Å². The first-order chi connectivity index (χ1) is 10.4. The summed E-state index contributed by atoms with van der Waals surface area (Å²) in [6.07, 6.45) is 0.107. The molecule has 1 aromatic rings. The maximum atomic E-state index is 12.1. The number of ether oxygens (including phenoxy) is 2. The summed E-state index contributed by atoms with van der Waals surface area (Å²) in [5.74, 6) is -1.81. The second kappa shape index (κ2) is 8.32. The number of Topliss-reactive ketones (excluding diaryl/α,β-unsaturated/α-hetero) is 2. The highest BCUT2D eigenvalue weighted by atomic mass is 16.5. The van der Waals surface area contributed by atoms with E-state index < -0.39 is 17.8 Å². The number of carbonyl (C=O) groups is 3. The first kappa shape index (κ1) is 17.9. The van der Waals surface area contributed by atoms with Crippen LogP contribution in [0.2, 0.25) is 0 Å². The monoisotopic (exact) mass is 306 g/mol. The lowest BCUT2D eigenvalue weighted by Gasteiger charge is -2.23. The Labute approximate surface area is 130 Å². The van der Waals surface area contributed by atoms with Crippen molar-refractivity contribution in [3.05, 3.63) is 29.8 Å². The van der Waals surface area contributed by atoms with Gasteiger partial charge in [0.15, 0.2) is 0 Å². The van der Waals surface area contributed by atoms with Crippen molar-refractivity contribution in [3.63, 3.8) is 0 Å². The molecule has 0 spiro atoms. The molecule has 1 rings (SSSR count). The molecular formula is C17H22O5. The van der Waals surface area contributed by atoms with E-state index in [0.717, 1.165) is 5.56 Å². The van der Waals surface area contributed by atoms with Crippen LogP contribution < -0.4 is 4.74 Å². The molecule has 0 amide bonds. The van der Waals surface area contributed by atoms with Crippen LogP contribution in [0.3, 0.4) is 0 Å². The minimum Gasteiger partial charge on any atom is -0.497 e. The fourth-order valence-electron chi connectivity index (χ4n) is 2.43. The first-order valence-electron chi connectivity index (χ1n) is 7.21. The van der Waals surface area contributed by atoms with Gasteiger partial charge in [-0.1, -0.05) is 12.1 Å². The van der Waals surface area contributed by atoms with Crippen LogP contribution in [0.1, 0.15) is 38.7 Å². The van der Waals surface area contributed by atoms with Gasteiger partial charge in [0.25, 0.3) is 0 Å². The van der Waals surface area contributed by atoms with E-state index in [9.17, 15) is 14.4 Å². The molecule has 0 saturated heterocycles. The van der Waals surface area contributed by atoms with E-state index in [1.54, 1.807) is 38.3 Å². The number of ketones is 2. The van der Waals surface area contributed by atoms with Gasteiger partial charge in [0, 0.05) is 12.3 Å². The molecule has 0 aliphatic rings. The highest BCUT2D eigenvalue weighted by Crippen LogP contribution is 2.31. The third kappa shape index (κ3) is 4.69. The first-order valence-corrected chi connectivity index (χ1v) is 7.21. The fraction of sp³-hybridized carbons (Fsp3) is 0.471. The number of methoxy groups -OCH3 is 1. The van der Waals surface area contributed by atoms with Crippen molar-refractivity contribution in [2.75, 3.05) is 13.7 Å². The van der Waals surface area contributed by atoms with Gasteiger partial charge < -0.3 is 14.3 Å². The van der Waals surface area contributed by atoms with Crippen LogP contribution in [0.5, 0.6) is 5.75 Å². The Morgan fingerprint density at radius 1 is 1.09 bits per heavy atom. The maximum Gasteiger partial charge on any atom is 0.317 e. The quantitative estimate of drug-likeness (QED) is 0.545. The van der Waals surface area contributed by atoms with Gasteiger partial charge in [-0.3, -0.25) is 9.59 Å². The Balaban J connectivity index is 3.19. The average molecular weight is 306 g/mol. The summed E-state index contributed by atoms with van der Waals surface area (Å²) in [6, 6.07) is 7.01. The lowest BCUT2D eigenvalue weighted by molar-refractivity contribution is -0.152. The Kier molecular flexibility index (Phi) is 6.76. The van der Waals surface area contributed by atoms with Crippen molar-refractivity contribution >= 4 is 17.5 Å². The second-order valence-corrected chi connectivity index (χ2v) is 5.13. The SMILES string of the molecule is CCOC(=O)[C@@H](C(C)=O)[C@H](CC(C)=O)c1ccc(OC)cc1. The standard InChI is InChI=1S/C17H22O5/c1-5-22-17(20)16(12(3)19)15(10-11(2)18)13-6-8-14(21-4)9-7-13/h6-9,15-16H,5,10H2,1-4H3/t15-,16+/m1/s1. The third-order valence-corrected chi connectivity index (χ3v) is 3.43. The molecule has 0 saturated carbocycles. The fourth-order valence-corrected chi connectivity index (χ4v) is 2.43. The van der Waals surface area contributed by atoms with E-state index in [1.165, 1.54) is 13.8 Å². The Morgan fingerprint density at radius 2 is 1.68 bits per heavy atom. The summed E-state index contributed by atoms with van der Waals surface area (Å²) < 4.78 is 10.1. The highest BCUT2D eigenvalue weighted by Gasteiger charge is 2.35. The molecule has 5 nitrogen and oxygen atoms in total. The zero-order chi connectivity index (χ0) is 16.7. The number of hydrogen-bond donors (Lipinski definition) is 0. The predicted molar refractivity (Wildman–Crippen MR) is 81.8 cm³/mol. The molecule has 5 heteroatoms. The van der Waals surface area contributed by atoms with Gasteiger partial charge >= 0.3 is 5.97 Å². The lowest BCUT2D eigenvalue weighted by atomic mass is 9.80. The van der Waals surface area contributed by atoms with Gasteiger partial charge in [-0.25, -0.2) is 0 Å². The summed E-state index contributed by atoms with van der Waals surface area (Å²) >= 11 is 0. The third-order valence-electron chi connectivity index (χ3n) is 3.43. The molecule has 0 N–H and O–H groups in total. The van der Waals surface area contributed by atoms with E-state index >= 15 is 0 Å². The van der Waals surface area contributed by atoms with Crippen LogP contribution in [-0.2, 0) is 19.1 Å². The van der Waals surface area contributed by atoms with Crippen LogP contribution >= 0.6 is 0 Å². The normalized spacial score (nSPS) is 13.1. The Morgan fingerprint density at radius 3 is 2.09 bits per heavy atom. The van der Waals surface area contributed by atoms with Crippen molar-refractivity contribution in [2.45, 2.75) is 33.1 Å². The molecule has 0 aliphatic heterocycles. The van der Waals surface area contributed by atoms with Crippen molar-refractivity contribution in [1.29, 1.82) is 0 Å². The predicted octanol–water partition coefficient (Wildman–Crippen LogP) is 2.53. The lowest BCUT2D eigenvalue weighted by Crippen LogP contribution is -2.31. The number of esters is 1. The summed E-state index contributed by atoms with van der Waals surface area (Å²) in [5.41, 5.74) is 0.740. The molecular weight excluding hydrogens is 284 g/mol. The number of carbonyl (C=O) groups excluding carboxylic acids is 3. The van der Waals surface area contributed by atoms with E-state index in [1.807, 2.05) is 0 Å². The van der Waals surface area contributed by atoms with Gasteiger partial charge in [-0.05, 0) is 38.5 Å². The zero-order valence-electron chi connectivity index (χ0n) is 13.4. The maximum absolute atomic E-state index is 12.1. The molecule has 0 fully saturated rings. The number of benzene rings is 1. The average Bonchev–Trinajstić information content (AvgIpc) is 2.46. The van der Waals surface area contributed by atoms with E-state index in [2.05, 4.69) is 0 Å². The summed E-state index contributed by atoms with van der Waals surface area (Å²) in [4.78, 5) is 35.6. The van der Waals surface area contributed by atoms with Crippen LogP contribution in [0.25, 0.3) is 0 Å². The molecule has 0 unspecified atom stereocenters. The molecule has 120 valence electrons. The molecule has 0 aromatic heterocycles. The van der Waals surface area contributed by atoms with Gasteiger partial charge in [0.05, 0.1) is 13.7 Å². The van der Waals surface area contributed by atoms with Gasteiger partial charge in [0.2, 0.25) is 0 Å². The van der Waals surface area contributed by atoms with Crippen LogP contribution in [0, 0.1) is 5.92 Å². The van der Waals surface area contributed by atoms with Crippen molar-refractivity contribution in [3.8, 4) is 5.75 Å². The van der Waals surface area contributed by atoms with Crippen molar-refractivity contribution in [2.24, 2.45) is 5.92 Å². The number of hydrogen-bond acceptors (Lipinski definition) is 5. The minimum atomic E-state index is -0.975. The highest BCUT2D eigenvalue weighted by molar-refractivity contribution is 5.99. The van der Waals surface area contributed by atoms with Crippen molar-refractivity contribution in [1.82, 2.24) is 0 Å². The van der Waals surface area contributed by atoms with E-state index in [-0.39, 0.29) is 24.6 Å². The Bertz CT molecular complexity index is 532. The largest absolute Gasteiger partial charge is 0.497 e. The van der Waals surface area contributed by atoms with E-state index in [4.69, 9.17) is 9.47 Å². The zero-order valence-corrected chi connectivity index (χ0v) is 13.4. The molecule has 1 aromatic carbocycles. The molecule has 22 heavy (non-hydrogen) atoms. The van der Waals surface area contributed by atoms with Crippen LogP contribution in [0.4, 0.5) is 0 Å². The summed E-state index contributed by atoms with van der Waals surface area (Å²) in [6.45, 7) is 4.66. The summed E-state index contributed by atoms with van der Waals surface area (Å²) in [7, 11) is 1.55. The second-order valence-electron chi connectivity index (χ2n) is 5.13. The smallest absolute Gasteiger partial charge is 0.317 e. The van der Waals surface area contributed by atoms with Gasteiger partial charge in [-0.15, -0.1) is 0 Å². The molecule has 0 bridgehead atoms. The molecule has 0 heterocycles.